The van der Waals surface area contributed by atoms with Crippen molar-refractivity contribution in [2.24, 2.45) is 0 Å². The summed E-state index contributed by atoms with van der Waals surface area (Å²) in [6.07, 6.45) is 0. The Morgan fingerprint density at radius 2 is 2.19 bits per heavy atom. The Balaban J connectivity index is 2.79. The van der Waals surface area contributed by atoms with Crippen LogP contribution in [0.5, 0.6) is 0 Å². The van der Waals surface area contributed by atoms with Gasteiger partial charge in [0.05, 0.1) is 6.61 Å². The lowest BCUT2D eigenvalue weighted by atomic mass is 10.1. The number of carbonyl (C=O) groups excluding carboxylic acids is 1. The van der Waals surface area contributed by atoms with E-state index in [1.54, 1.807) is 37.3 Å². The zero-order chi connectivity index (χ0) is 12.1. The molecule has 0 aliphatic carbocycles. The number of carbonyl (C=O) groups is 1. The first-order chi connectivity index (χ1) is 7.56. The highest BCUT2D eigenvalue weighted by atomic mass is 16.5. The smallest absolute Gasteiger partial charge is 0.253 e. The molecular formula is C12H18N2O2. The number of anilines is 1. The second-order valence-electron chi connectivity index (χ2n) is 3.79. The maximum absolute atomic E-state index is 12.0. The maximum atomic E-state index is 12.0. The minimum absolute atomic E-state index is 0.00505. The first-order valence-electron chi connectivity index (χ1n) is 5.16. The van der Waals surface area contributed by atoms with Crippen molar-refractivity contribution >= 4 is 11.6 Å². The predicted molar refractivity (Wildman–Crippen MR) is 64.4 cm³/mol. The van der Waals surface area contributed by atoms with E-state index in [1.165, 1.54) is 0 Å². The van der Waals surface area contributed by atoms with Crippen molar-refractivity contribution < 1.29 is 9.53 Å². The van der Waals surface area contributed by atoms with Gasteiger partial charge in [-0.2, -0.15) is 0 Å². The largest absolute Gasteiger partial charge is 0.399 e. The molecule has 1 aromatic rings. The first-order valence-corrected chi connectivity index (χ1v) is 5.16. The topological polar surface area (TPSA) is 55.6 Å². The lowest BCUT2D eigenvalue weighted by Crippen LogP contribution is -2.30. The third kappa shape index (κ3) is 2.97. The van der Waals surface area contributed by atoms with Gasteiger partial charge in [0.2, 0.25) is 0 Å². The van der Waals surface area contributed by atoms with Crippen LogP contribution >= 0.6 is 0 Å². The number of hydrogen-bond donors (Lipinski definition) is 1. The number of rotatable bonds is 4. The van der Waals surface area contributed by atoms with E-state index in [0.29, 0.717) is 24.4 Å². The molecular weight excluding hydrogens is 204 g/mol. The molecule has 0 spiro atoms. The third-order valence-electron chi connectivity index (χ3n) is 2.46. The third-order valence-corrected chi connectivity index (χ3v) is 2.46. The minimum atomic E-state index is -0.00505. The molecule has 88 valence electrons. The number of ether oxygens (including phenoxy) is 1. The van der Waals surface area contributed by atoms with Gasteiger partial charge in [-0.25, -0.2) is 0 Å². The van der Waals surface area contributed by atoms with Gasteiger partial charge in [-0.1, -0.05) is 0 Å². The highest BCUT2D eigenvalue weighted by molar-refractivity contribution is 5.95. The number of methoxy groups -OCH3 is 1. The normalized spacial score (nSPS) is 10.2. The van der Waals surface area contributed by atoms with Crippen LogP contribution in [0.15, 0.2) is 18.2 Å². The number of hydrogen-bond acceptors (Lipinski definition) is 3. The fraction of sp³-hybridized carbons (Fsp3) is 0.417. The van der Waals surface area contributed by atoms with Crippen LogP contribution in [0, 0.1) is 6.92 Å². The van der Waals surface area contributed by atoms with Crippen molar-refractivity contribution in [3.8, 4) is 0 Å². The summed E-state index contributed by atoms with van der Waals surface area (Å²) in [4.78, 5) is 13.7. The quantitative estimate of drug-likeness (QED) is 0.781. The van der Waals surface area contributed by atoms with Crippen molar-refractivity contribution in [3.05, 3.63) is 29.3 Å². The molecule has 0 unspecified atom stereocenters. The molecule has 0 heterocycles. The van der Waals surface area contributed by atoms with Crippen LogP contribution in [0.25, 0.3) is 0 Å². The van der Waals surface area contributed by atoms with Crippen molar-refractivity contribution in [2.45, 2.75) is 6.92 Å². The molecule has 0 aliphatic rings. The Kier molecular flexibility index (Phi) is 4.31. The van der Waals surface area contributed by atoms with Crippen LogP contribution in [0.4, 0.5) is 5.69 Å². The van der Waals surface area contributed by atoms with E-state index in [9.17, 15) is 4.79 Å². The van der Waals surface area contributed by atoms with E-state index in [0.717, 1.165) is 5.56 Å². The second-order valence-corrected chi connectivity index (χ2v) is 3.79. The standard InChI is InChI=1S/C12H18N2O2/c1-9-8-10(13)4-5-11(9)12(15)14(2)6-7-16-3/h4-5,8H,6-7,13H2,1-3H3. The fourth-order valence-electron chi connectivity index (χ4n) is 1.46. The van der Waals surface area contributed by atoms with Crippen LogP contribution in [-0.2, 0) is 4.74 Å². The summed E-state index contributed by atoms with van der Waals surface area (Å²) in [6, 6.07) is 5.30. The van der Waals surface area contributed by atoms with Gasteiger partial charge in [-0.15, -0.1) is 0 Å². The Bertz CT molecular complexity index is 377. The molecule has 0 bridgehead atoms. The number of aryl methyl sites for hydroxylation is 1. The molecule has 0 fully saturated rings. The molecule has 0 saturated heterocycles. The van der Waals surface area contributed by atoms with E-state index in [1.807, 2.05) is 6.92 Å². The Labute approximate surface area is 96.0 Å². The highest BCUT2D eigenvalue weighted by Gasteiger charge is 2.13. The molecule has 4 nitrogen and oxygen atoms in total. The maximum Gasteiger partial charge on any atom is 0.253 e. The lowest BCUT2D eigenvalue weighted by molar-refractivity contribution is 0.0743. The average Bonchev–Trinajstić information content (AvgIpc) is 2.25. The van der Waals surface area contributed by atoms with Crippen LogP contribution in [0.2, 0.25) is 0 Å². The molecule has 1 amide bonds. The van der Waals surface area contributed by atoms with E-state index in [-0.39, 0.29) is 5.91 Å². The Morgan fingerprint density at radius 1 is 1.50 bits per heavy atom. The Morgan fingerprint density at radius 3 is 2.75 bits per heavy atom. The average molecular weight is 222 g/mol. The molecule has 1 rings (SSSR count). The zero-order valence-electron chi connectivity index (χ0n) is 9.99. The minimum Gasteiger partial charge on any atom is -0.399 e. The van der Waals surface area contributed by atoms with Gasteiger partial charge < -0.3 is 15.4 Å². The van der Waals surface area contributed by atoms with Gasteiger partial charge in [-0.3, -0.25) is 4.79 Å². The Hall–Kier alpha value is -1.55. The lowest BCUT2D eigenvalue weighted by Gasteiger charge is -2.17. The van der Waals surface area contributed by atoms with E-state index >= 15 is 0 Å². The zero-order valence-corrected chi connectivity index (χ0v) is 9.99. The summed E-state index contributed by atoms with van der Waals surface area (Å²) in [5.41, 5.74) is 7.90. The van der Waals surface area contributed by atoms with Gasteiger partial charge >= 0.3 is 0 Å². The van der Waals surface area contributed by atoms with Crippen LogP contribution < -0.4 is 5.73 Å². The highest BCUT2D eigenvalue weighted by Crippen LogP contribution is 2.14. The number of benzene rings is 1. The molecule has 0 aromatic heterocycles. The van der Waals surface area contributed by atoms with Crippen molar-refractivity contribution in [1.82, 2.24) is 4.90 Å². The molecule has 0 radical (unpaired) electrons. The number of nitrogens with two attached hydrogens (primary N) is 1. The van der Waals surface area contributed by atoms with Gasteiger partial charge in [0, 0.05) is 32.0 Å². The second kappa shape index (κ2) is 5.51. The number of nitrogens with zero attached hydrogens (tertiary/aromatic N) is 1. The summed E-state index contributed by atoms with van der Waals surface area (Å²) in [7, 11) is 3.38. The van der Waals surface area contributed by atoms with Crippen LogP contribution in [-0.4, -0.2) is 38.1 Å². The predicted octanol–water partition coefficient (Wildman–Crippen LogP) is 1.30. The summed E-state index contributed by atoms with van der Waals surface area (Å²) in [5, 5.41) is 0. The van der Waals surface area contributed by atoms with Crippen LogP contribution in [0.1, 0.15) is 15.9 Å². The summed E-state index contributed by atoms with van der Waals surface area (Å²) in [6.45, 7) is 3.00. The molecule has 4 heteroatoms. The van der Waals surface area contributed by atoms with Gasteiger partial charge in [0.25, 0.3) is 5.91 Å². The summed E-state index contributed by atoms with van der Waals surface area (Å²) in [5.74, 6) is -0.00505. The molecule has 0 aliphatic heterocycles. The number of amides is 1. The van der Waals surface area contributed by atoms with E-state index in [2.05, 4.69) is 0 Å². The summed E-state index contributed by atoms with van der Waals surface area (Å²) < 4.78 is 4.93. The number of likely N-dealkylation sites (N-methyl/N-ethyl adjacent to an activating group) is 1. The monoisotopic (exact) mass is 222 g/mol. The van der Waals surface area contributed by atoms with Crippen LogP contribution in [0.3, 0.4) is 0 Å². The molecule has 1 aromatic carbocycles. The van der Waals surface area contributed by atoms with Gasteiger partial charge in [0.15, 0.2) is 0 Å². The number of nitrogen functional groups attached to an aromatic ring is 1. The fourth-order valence-corrected chi connectivity index (χ4v) is 1.46. The van der Waals surface area contributed by atoms with Crippen molar-refractivity contribution in [1.29, 1.82) is 0 Å². The van der Waals surface area contributed by atoms with Gasteiger partial charge in [0.1, 0.15) is 0 Å². The SMILES string of the molecule is COCCN(C)C(=O)c1ccc(N)cc1C. The molecule has 0 atom stereocenters. The van der Waals surface area contributed by atoms with E-state index in [4.69, 9.17) is 10.5 Å². The first kappa shape index (κ1) is 12.5. The molecule has 16 heavy (non-hydrogen) atoms. The van der Waals surface area contributed by atoms with E-state index < -0.39 is 0 Å². The molecule has 0 saturated carbocycles. The van der Waals surface area contributed by atoms with Crippen molar-refractivity contribution in [3.63, 3.8) is 0 Å². The van der Waals surface area contributed by atoms with Gasteiger partial charge in [-0.05, 0) is 30.7 Å². The molecule has 2 N–H and O–H groups in total. The summed E-state index contributed by atoms with van der Waals surface area (Å²) >= 11 is 0. The van der Waals surface area contributed by atoms with Crippen molar-refractivity contribution in [2.75, 3.05) is 33.0 Å².